The van der Waals surface area contributed by atoms with Gasteiger partial charge >= 0.3 is 0 Å². The number of nitrogens with zero attached hydrogens (tertiary/aromatic N) is 3. The topological polar surface area (TPSA) is 59.8 Å². The first kappa shape index (κ1) is 12.6. The minimum absolute atomic E-state index is 0.175. The number of hydrogen-bond donors (Lipinski definition) is 1. The molecule has 2 aromatic rings. The van der Waals surface area contributed by atoms with Gasteiger partial charge < -0.3 is 9.88 Å². The molecule has 0 spiro atoms. The molecule has 0 radical (unpaired) electrons. The van der Waals surface area contributed by atoms with E-state index in [4.69, 9.17) is 11.6 Å². The van der Waals surface area contributed by atoms with E-state index < -0.39 is 0 Å². The Bertz CT molecular complexity index is 565. The van der Waals surface area contributed by atoms with Crippen molar-refractivity contribution in [2.45, 2.75) is 19.9 Å². The van der Waals surface area contributed by atoms with Crippen LogP contribution < -0.4 is 5.32 Å². The first-order valence-electron chi connectivity index (χ1n) is 5.54. The molecule has 1 amide bonds. The van der Waals surface area contributed by atoms with Gasteiger partial charge in [-0.15, -0.1) is 0 Å². The van der Waals surface area contributed by atoms with Crippen LogP contribution in [0.2, 0.25) is 5.15 Å². The summed E-state index contributed by atoms with van der Waals surface area (Å²) in [4.78, 5) is 19.9. The monoisotopic (exact) mass is 264 g/mol. The zero-order chi connectivity index (χ0) is 13.1. The van der Waals surface area contributed by atoms with E-state index in [0.29, 0.717) is 5.69 Å². The van der Waals surface area contributed by atoms with Gasteiger partial charge in [0, 0.05) is 24.6 Å². The average molecular weight is 265 g/mol. The second-order valence-electron chi connectivity index (χ2n) is 4.04. The molecule has 0 aliphatic heterocycles. The zero-order valence-electron chi connectivity index (χ0n) is 10.1. The lowest BCUT2D eigenvalue weighted by Crippen LogP contribution is -2.18. The van der Waals surface area contributed by atoms with Crippen molar-refractivity contribution in [2.75, 3.05) is 5.32 Å². The third-order valence-corrected chi connectivity index (χ3v) is 2.73. The summed E-state index contributed by atoms with van der Waals surface area (Å²) in [6, 6.07) is 3.78. The van der Waals surface area contributed by atoms with Gasteiger partial charge in [-0.25, -0.2) is 9.97 Å². The summed E-state index contributed by atoms with van der Waals surface area (Å²) in [6.45, 7) is 4.01. The lowest BCUT2D eigenvalue weighted by atomic mass is 10.3. The molecule has 18 heavy (non-hydrogen) atoms. The number of carbonyl (C=O) groups excluding carboxylic acids is 1. The standard InChI is InChI=1S/C12H13ClN4O/c1-8(2)17-7-3-4-9(17)12(18)16-11-10(13)14-5-6-15-11/h3-8H,1-2H3,(H,15,16,18). The van der Waals surface area contributed by atoms with Crippen LogP contribution in [0.3, 0.4) is 0 Å². The quantitative estimate of drug-likeness (QED) is 0.927. The summed E-state index contributed by atoms with van der Waals surface area (Å²) < 4.78 is 1.87. The molecule has 94 valence electrons. The largest absolute Gasteiger partial charge is 0.341 e. The second-order valence-corrected chi connectivity index (χ2v) is 4.40. The van der Waals surface area contributed by atoms with Crippen LogP contribution >= 0.6 is 11.6 Å². The van der Waals surface area contributed by atoms with Crippen molar-refractivity contribution in [3.8, 4) is 0 Å². The van der Waals surface area contributed by atoms with Gasteiger partial charge in [-0.05, 0) is 26.0 Å². The normalized spacial score (nSPS) is 10.7. The molecule has 0 aliphatic carbocycles. The number of carbonyl (C=O) groups is 1. The molecule has 2 rings (SSSR count). The number of amides is 1. The highest BCUT2D eigenvalue weighted by molar-refractivity contribution is 6.32. The molecule has 0 unspecified atom stereocenters. The van der Waals surface area contributed by atoms with Crippen molar-refractivity contribution in [2.24, 2.45) is 0 Å². The number of hydrogen-bond acceptors (Lipinski definition) is 3. The smallest absolute Gasteiger partial charge is 0.273 e. The lowest BCUT2D eigenvalue weighted by molar-refractivity contribution is 0.101. The average Bonchev–Trinajstić information content (AvgIpc) is 2.81. The summed E-state index contributed by atoms with van der Waals surface area (Å²) in [5.41, 5.74) is 0.562. The molecule has 0 aromatic carbocycles. The number of anilines is 1. The Balaban J connectivity index is 2.23. The maximum absolute atomic E-state index is 12.1. The van der Waals surface area contributed by atoms with Gasteiger partial charge in [0.1, 0.15) is 5.69 Å². The minimum Gasteiger partial charge on any atom is -0.341 e. The molecular weight excluding hydrogens is 252 g/mol. The van der Waals surface area contributed by atoms with Gasteiger partial charge in [0.15, 0.2) is 11.0 Å². The van der Waals surface area contributed by atoms with Crippen LogP contribution in [-0.2, 0) is 0 Å². The Hall–Kier alpha value is -1.88. The van der Waals surface area contributed by atoms with Gasteiger partial charge in [0.25, 0.3) is 5.91 Å². The Morgan fingerprint density at radius 1 is 1.39 bits per heavy atom. The molecule has 0 fully saturated rings. The van der Waals surface area contributed by atoms with E-state index in [-0.39, 0.29) is 22.9 Å². The molecular formula is C12H13ClN4O. The number of nitrogens with one attached hydrogen (secondary N) is 1. The Morgan fingerprint density at radius 2 is 2.11 bits per heavy atom. The predicted octanol–water partition coefficient (Wildman–Crippen LogP) is 2.76. The summed E-state index contributed by atoms with van der Waals surface area (Å²) in [6.07, 6.45) is 4.80. The fourth-order valence-electron chi connectivity index (χ4n) is 1.61. The third kappa shape index (κ3) is 2.51. The van der Waals surface area contributed by atoms with Crippen molar-refractivity contribution in [1.29, 1.82) is 0 Å². The molecule has 0 atom stereocenters. The summed E-state index contributed by atoms with van der Waals surface area (Å²) in [7, 11) is 0. The first-order chi connectivity index (χ1) is 8.59. The Kier molecular flexibility index (Phi) is 3.62. The van der Waals surface area contributed by atoms with Gasteiger partial charge in [0.2, 0.25) is 0 Å². The van der Waals surface area contributed by atoms with E-state index in [1.165, 1.54) is 12.4 Å². The number of rotatable bonds is 3. The highest BCUT2D eigenvalue weighted by Gasteiger charge is 2.14. The van der Waals surface area contributed by atoms with Crippen LogP contribution in [-0.4, -0.2) is 20.4 Å². The highest BCUT2D eigenvalue weighted by atomic mass is 35.5. The molecule has 0 bridgehead atoms. The highest BCUT2D eigenvalue weighted by Crippen LogP contribution is 2.17. The van der Waals surface area contributed by atoms with Crippen LogP contribution in [0, 0.1) is 0 Å². The van der Waals surface area contributed by atoms with Gasteiger partial charge in [-0.3, -0.25) is 4.79 Å². The first-order valence-corrected chi connectivity index (χ1v) is 5.92. The van der Waals surface area contributed by atoms with Crippen molar-refractivity contribution in [3.05, 3.63) is 41.6 Å². The molecule has 5 nitrogen and oxygen atoms in total. The van der Waals surface area contributed by atoms with Crippen LogP contribution in [0.5, 0.6) is 0 Å². The molecule has 0 aliphatic rings. The van der Waals surface area contributed by atoms with Crippen molar-refractivity contribution in [1.82, 2.24) is 14.5 Å². The van der Waals surface area contributed by atoms with Crippen LogP contribution in [0.25, 0.3) is 0 Å². The minimum atomic E-state index is -0.254. The molecule has 0 saturated heterocycles. The van der Waals surface area contributed by atoms with Crippen molar-refractivity contribution < 1.29 is 4.79 Å². The lowest BCUT2D eigenvalue weighted by Gasteiger charge is -2.12. The van der Waals surface area contributed by atoms with E-state index in [0.717, 1.165) is 0 Å². The SMILES string of the molecule is CC(C)n1cccc1C(=O)Nc1nccnc1Cl. The third-order valence-electron chi connectivity index (χ3n) is 2.45. The summed E-state index contributed by atoms with van der Waals surface area (Å²) in [5, 5.41) is 2.82. The molecule has 6 heteroatoms. The van der Waals surface area contributed by atoms with Crippen LogP contribution in [0.1, 0.15) is 30.4 Å². The fraction of sp³-hybridized carbons (Fsp3) is 0.250. The van der Waals surface area contributed by atoms with E-state index >= 15 is 0 Å². The number of aromatic nitrogens is 3. The van der Waals surface area contributed by atoms with E-state index in [1.807, 2.05) is 30.7 Å². The molecule has 0 saturated carbocycles. The maximum Gasteiger partial charge on any atom is 0.273 e. The summed E-state index contributed by atoms with van der Waals surface area (Å²) >= 11 is 5.84. The fourth-order valence-corrected chi connectivity index (χ4v) is 1.77. The predicted molar refractivity (Wildman–Crippen MR) is 69.8 cm³/mol. The molecule has 2 heterocycles. The van der Waals surface area contributed by atoms with Crippen LogP contribution in [0.4, 0.5) is 5.82 Å². The van der Waals surface area contributed by atoms with E-state index in [1.54, 1.807) is 6.07 Å². The zero-order valence-corrected chi connectivity index (χ0v) is 10.8. The van der Waals surface area contributed by atoms with E-state index in [9.17, 15) is 4.79 Å². The van der Waals surface area contributed by atoms with Gasteiger partial charge in [-0.1, -0.05) is 11.6 Å². The Labute approximate surface area is 110 Å². The van der Waals surface area contributed by atoms with Crippen molar-refractivity contribution in [3.63, 3.8) is 0 Å². The van der Waals surface area contributed by atoms with E-state index in [2.05, 4.69) is 15.3 Å². The maximum atomic E-state index is 12.1. The molecule has 1 N–H and O–H groups in total. The van der Waals surface area contributed by atoms with Gasteiger partial charge in [-0.2, -0.15) is 0 Å². The Morgan fingerprint density at radius 3 is 2.78 bits per heavy atom. The number of halogens is 1. The second kappa shape index (κ2) is 5.18. The van der Waals surface area contributed by atoms with Crippen LogP contribution in [0.15, 0.2) is 30.7 Å². The van der Waals surface area contributed by atoms with Gasteiger partial charge in [0.05, 0.1) is 0 Å². The van der Waals surface area contributed by atoms with Crippen molar-refractivity contribution >= 4 is 23.3 Å². The molecule has 2 aromatic heterocycles. The summed E-state index contributed by atoms with van der Waals surface area (Å²) in [5.74, 6) is 0.0109.